The molecule has 0 atom stereocenters. The van der Waals surface area contributed by atoms with E-state index in [0.717, 1.165) is 27.1 Å². The fraction of sp³-hybridized carbons (Fsp3) is 0.167. The van der Waals surface area contributed by atoms with Crippen LogP contribution in [0.3, 0.4) is 0 Å². The largest absolute Gasteiger partial charge is 0.496 e. The Hall–Kier alpha value is -1.21. The third-order valence-electron chi connectivity index (χ3n) is 2.33. The highest BCUT2D eigenvalue weighted by Crippen LogP contribution is 2.34. The van der Waals surface area contributed by atoms with Gasteiger partial charge in [0.1, 0.15) is 5.75 Å². The molecule has 0 saturated heterocycles. The molecule has 0 N–H and O–H groups in total. The van der Waals surface area contributed by atoms with Gasteiger partial charge in [-0.3, -0.25) is 0 Å². The molecule has 2 aromatic rings. The van der Waals surface area contributed by atoms with Gasteiger partial charge in [-0.25, -0.2) is 0 Å². The predicted octanol–water partition coefficient (Wildman–Crippen LogP) is 3.81. The van der Waals surface area contributed by atoms with Crippen molar-refractivity contribution in [3.8, 4) is 5.75 Å². The summed E-state index contributed by atoms with van der Waals surface area (Å²) in [6, 6.07) is 9.92. The average Bonchev–Trinajstić information content (AvgIpc) is 2.18. The first-order chi connectivity index (χ1) is 6.74. The van der Waals surface area contributed by atoms with Crippen molar-refractivity contribution in [1.82, 2.24) is 0 Å². The molecule has 0 saturated carbocycles. The zero-order chi connectivity index (χ0) is 10.1. The monoisotopic (exact) mass is 206 g/mol. The molecule has 2 aromatic carbocycles. The Balaban J connectivity index is 2.90. The van der Waals surface area contributed by atoms with Gasteiger partial charge in [0.05, 0.1) is 7.11 Å². The minimum absolute atomic E-state index is 0.777. The van der Waals surface area contributed by atoms with E-state index in [1.54, 1.807) is 7.11 Å². The Bertz CT molecular complexity index is 477. The number of aryl methyl sites for hydroxylation is 1. The topological polar surface area (TPSA) is 9.23 Å². The van der Waals surface area contributed by atoms with Crippen LogP contribution < -0.4 is 4.74 Å². The maximum absolute atomic E-state index is 6.14. The molecule has 0 fully saturated rings. The zero-order valence-corrected chi connectivity index (χ0v) is 8.93. The van der Waals surface area contributed by atoms with Gasteiger partial charge in [-0.2, -0.15) is 0 Å². The predicted molar refractivity (Wildman–Crippen MR) is 60.2 cm³/mol. The summed E-state index contributed by atoms with van der Waals surface area (Å²) in [5, 5.41) is 2.88. The van der Waals surface area contributed by atoms with Gasteiger partial charge in [0, 0.05) is 15.8 Å². The molecule has 72 valence electrons. The summed E-state index contributed by atoms with van der Waals surface area (Å²) in [6.07, 6.45) is 0. The van der Waals surface area contributed by atoms with Gasteiger partial charge >= 0.3 is 0 Å². The number of ether oxygens (including phenoxy) is 1. The average molecular weight is 207 g/mol. The fourth-order valence-electron chi connectivity index (χ4n) is 1.71. The minimum atomic E-state index is 0.777. The van der Waals surface area contributed by atoms with Crippen LogP contribution in [0, 0.1) is 6.92 Å². The quantitative estimate of drug-likeness (QED) is 0.690. The Labute approximate surface area is 88.3 Å². The third kappa shape index (κ3) is 1.34. The molecule has 0 bridgehead atoms. The number of fused-ring (bicyclic) bond motifs is 1. The number of hydrogen-bond donors (Lipinski definition) is 0. The van der Waals surface area contributed by atoms with Crippen LogP contribution in [0.15, 0.2) is 30.3 Å². The zero-order valence-electron chi connectivity index (χ0n) is 8.17. The van der Waals surface area contributed by atoms with E-state index in [1.807, 2.05) is 37.3 Å². The maximum atomic E-state index is 6.14. The minimum Gasteiger partial charge on any atom is -0.496 e. The van der Waals surface area contributed by atoms with Gasteiger partial charge < -0.3 is 4.74 Å². The third-order valence-corrected chi connectivity index (χ3v) is 2.65. The molecule has 2 rings (SSSR count). The van der Waals surface area contributed by atoms with E-state index in [1.165, 1.54) is 0 Å². The van der Waals surface area contributed by atoms with E-state index >= 15 is 0 Å². The van der Waals surface area contributed by atoms with Crippen molar-refractivity contribution in [2.45, 2.75) is 6.92 Å². The number of hydrogen-bond acceptors (Lipinski definition) is 1. The summed E-state index contributed by atoms with van der Waals surface area (Å²) in [6.45, 7) is 2.00. The Morgan fingerprint density at radius 1 is 1.14 bits per heavy atom. The SMILES string of the molecule is COc1c(C)cc(Cl)c2ccccc12. The standard InChI is InChI=1S/C12H11ClO/c1-8-7-11(13)9-5-3-4-6-10(9)12(8)14-2/h3-7H,1-2H3. The maximum Gasteiger partial charge on any atom is 0.129 e. The van der Waals surface area contributed by atoms with E-state index in [4.69, 9.17) is 16.3 Å². The van der Waals surface area contributed by atoms with Crippen molar-refractivity contribution in [3.63, 3.8) is 0 Å². The highest BCUT2D eigenvalue weighted by molar-refractivity contribution is 6.35. The molecule has 0 aliphatic rings. The molecule has 2 heteroatoms. The highest BCUT2D eigenvalue weighted by atomic mass is 35.5. The van der Waals surface area contributed by atoms with E-state index in [-0.39, 0.29) is 0 Å². The number of halogens is 1. The van der Waals surface area contributed by atoms with E-state index < -0.39 is 0 Å². The van der Waals surface area contributed by atoms with Crippen LogP contribution in [0.25, 0.3) is 10.8 Å². The van der Waals surface area contributed by atoms with Crippen molar-refractivity contribution in [2.75, 3.05) is 7.11 Å². The van der Waals surface area contributed by atoms with E-state index in [9.17, 15) is 0 Å². The van der Waals surface area contributed by atoms with Crippen molar-refractivity contribution in [3.05, 3.63) is 40.9 Å². The van der Waals surface area contributed by atoms with Crippen LogP contribution in [0.2, 0.25) is 5.02 Å². The molecule has 1 nitrogen and oxygen atoms in total. The summed E-state index contributed by atoms with van der Waals surface area (Å²) in [7, 11) is 1.68. The second-order valence-electron chi connectivity index (χ2n) is 3.25. The van der Waals surface area contributed by atoms with Gasteiger partial charge in [0.2, 0.25) is 0 Å². The lowest BCUT2D eigenvalue weighted by Gasteiger charge is -2.09. The molecule has 14 heavy (non-hydrogen) atoms. The Morgan fingerprint density at radius 2 is 1.79 bits per heavy atom. The molecule has 0 aromatic heterocycles. The van der Waals surface area contributed by atoms with Crippen molar-refractivity contribution >= 4 is 22.4 Å². The van der Waals surface area contributed by atoms with Crippen LogP contribution in [0.5, 0.6) is 5.75 Å². The highest BCUT2D eigenvalue weighted by Gasteiger charge is 2.07. The van der Waals surface area contributed by atoms with Crippen LogP contribution >= 0.6 is 11.6 Å². The molecule has 0 aliphatic carbocycles. The van der Waals surface area contributed by atoms with Gasteiger partial charge in [0.25, 0.3) is 0 Å². The second-order valence-corrected chi connectivity index (χ2v) is 3.66. The van der Waals surface area contributed by atoms with Gasteiger partial charge in [0.15, 0.2) is 0 Å². The van der Waals surface area contributed by atoms with Crippen LogP contribution in [-0.4, -0.2) is 7.11 Å². The van der Waals surface area contributed by atoms with Gasteiger partial charge in [-0.1, -0.05) is 35.9 Å². The molecule has 0 radical (unpaired) electrons. The molecule has 0 amide bonds. The summed E-state index contributed by atoms with van der Waals surface area (Å²) in [5.74, 6) is 0.907. The van der Waals surface area contributed by atoms with E-state index in [2.05, 4.69) is 0 Å². The molecule has 0 spiro atoms. The Morgan fingerprint density at radius 3 is 2.43 bits per heavy atom. The van der Waals surface area contributed by atoms with Crippen molar-refractivity contribution < 1.29 is 4.74 Å². The van der Waals surface area contributed by atoms with Gasteiger partial charge in [-0.05, 0) is 18.6 Å². The van der Waals surface area contributed by atoms with Crippen molar-refractivity contribution in [2.24, 2.45) is 0 Å². The summed E-state index contributed by atoms with van der Waals surface area (Å²) in [5.41, 5.74) is 1.07. The molecular formula is C12H11ClO. The number of rotatable bonds is 1. The lowest BCUT2D eigenvalue weighted by Crippen LogP contribution is -1.89. The molecule has 0 aliphatic heterocycles. The summed E-state index contributed by atoms with van der Waals surface area (Å²) >= 11 is 6.14. The van der Waals surface area contributed by atoms with Crippen LogP contribution in [0.4, 0.5) is 0 Å². The van der Waals surface area contributed by atoms with Gasteiger partial charge in [-0.15, -0.1) is 0 Å². The lowest BCUT2D eigenvalue weighted by atomic mass is 10.1. The van der Waals surface area contributed by atoms with E-state index in [0.29, 0.717) is 0 Å². The summed E-state index contributed by atoms with van der Waals surface area (Å²) < 4.78 is 5.35. The summed E-state index contributed by atoms with van der Waals surface area (Å²) in [4.78, 5) is 0. The lowest BCUT2D eigenvalue weighted by molar-refractivity contribution is 0.417. The first kappa shape index (κ1) is 9.35. The number of methoxy groups -OCH3 is 1. The smallest absolute Gasteiger partial charge is 0.129 e. The molecular weight excluding hydrogens is 196 g/mol. The Kier molecular flexibility index (Phi) is 2.34. The first-order valence-corrected chi connectivity index (χ1v) is 4.83. The fourth-order valence-corrected chi connectivity index (χ4v) is 2.03. The first-order valence-electron chi connectivity index (χ1n) is 4.46. The molecule has 0 heterocycles. The second kappa shape index (κ2) is 3.50. The van der Waals surface area contributed by atoms with Crippen molar-refractivity contribution in [1.29, 1.82) is 0 Å². The number of benzene rings is 2. The molecule has 0 unspecified atom stereocenters. The van der Waals surface area contributed by atoms with Crippen LogP contribution in [-0.2, 0) is 0 Å². The van der Waals surface area contributed by atoms with Crippen LogP contribution in [0.1, 0.15) is 5.56 Å². The normalized spacial score (nSPS) is 10.5.